The first kappa shape index (κ1) is 18.4. The average molecular weight is 386 g/mol. The maximum Gasteiger partial charge on any atom is 0.202 e. The lowest BCUT2D eigenvalue weighted by Gasteiger charge is -2.37. The van der Waals surface area contributed by atoms with Crippen LogP contribution in [0, 0.1) is 6.92 Å². The van der Waals surface area contributed by atoms with Gasteiger partial charge in [-0.25, -0.2) is 4.99 Å². The number of hydrogen-bond donors (Lipinski definition) is 1. The van der Waals surface area contributed by atoms with Gasteiger partial charge >= 0.3 is 0 Å². The predicted octanol–water partition coefficient (Wildman–Crippen LogP) is 5.61. The first-order chi connectivity index (χ1) is 13.6. The third kappa shape index (κ3) is 3.43. The van der Waals surface area contributed by atoms with Gasteiger partial charge in [-0.05, 0) is 55.4 Å². The summed E-state index contributed by atoms with van der Waals surface area (Å²) in [6.07, 6.45) is 0.792. The zero-order valence-corrected chi connectivity index (χ0v) is 16.9. The summed E-state index contributed by atoms with van der Waals surface area (Å²) >= 11 is 5.71. The molecule has 0 saturated heterocycles. The molecule has 0 aromatic heterocycles. The molecule has 0 amide bonds. The van der Waals surface area contributed by atoms with Crippen LogP contribution >= 0.6 is 12.2 Å². The summed E-state index contributed by atoms with van der Waals surface area (Å²) < 4.78 is 0. The second kappa shape index (κ2) is 7.56. The fourth-order valence-corrected chi connectivity index (χ4v) is 4.11. The van der Waals surface area contributed by atoms with E-state index >= 15 is 0 Å². The molecule has 140 valence electrons. The molecule has 0 radical (unpaired) electrons. The Morgan fingerprint density at radius 1 is 0.893 bits per heavy atom. The molecule has 0 saturated carbocycles. The zero-order chi connectivity index (χ0) is 19.6. The van der Waals surface area contributed by atoms with Gasteiger partial charge in [0.1, 0.15) is 11.4 Å². The summed E-state index contributed by atoms with van der Waals surface area (Å²) in [6, 6.07) is 29.0. The molecule has 3 nitrogen and oxygen atoms in total. The molecule has 1 atom stereocenters. The lowest BCUT2D eigenvalue weighted by Crippen LogP contribution is -2.53. The van der Waals surface area contributed by atoms with Crippen molar-refractivity contribution in [3.05, 3.63) is 96.1 Å². The number of benzene rings is 3. The van der Waals surface area contributed by atoms with E-state index in [1.807, 2.05) is 36.4 Å². The highest BCUT2D eigenvalue weighted by Crippen LogP contribution is 2.35. The van der Waals surface area contributed by atoms with E-state index in [2.05, 4.69) is 72.6 Å². The number of aliphatic imine (C=N–C) groups is 1. The molecule has 1 heterocycles. The van der Waals surface area contributed by atoms with Crippen LogP contribution in [0.15, 0.2) is 89.9 Å². The molecule has 1 aliphatic rings. The summed E-state index contributed by atoms with van der Waals surface area (Å²) in [4.78, 5) is 6.96. The molecule has 0 fully saturated rings. The average Bonchev–Trinajstić information content (AvgIpc) is 2.94. The summed E-state index contributed by atoms with van der Waals surface area (Å²) in [5.74, 6) is 0.875. The SMILES string of the molecule is Cc1ccccc1NC1=NC(=S)N(c2ccccc2)[C@@]1(C)Cc1ccccc1. The van der Waals surface area contributed by atoms with Crippen molar-refractivity contribution < 1.29 is 0 Å². The molecule has 4 rings (SSSR count). The topological polar surface area (TPSA) is 27.6 Å². The van der Waals surface area contributed by atoms with Gasteiger partial charge in [-0.2, -0.15) is 0 Å². The quantitative estimate of drug-likeness (QED) is 0.591. The van der Waals surface area contributed by atoms with Crippen LogP contribution in [0.4, 0.5) is 11.4 Å². The van der Waals surface area contributed by atoms with Gasteiger partial charge in [0.05, 0.1) is 0 Å². The van der Waals surface area contributed by atoms with Crippen LogP contribution in [0.3, 0.4) is 0 Å². The minimum atomic E-state index is -0.415. The maximum atomic E-state index is 5.71. The van der Waals surface area contributed by atoms with Crippen molar-refractivity contribution in [3.8, 4) is 0 Å². The third-order valence-electron chi connectivity index (χ3n) is 5.21. The molecule has 4 heteroatoms. The Kier molecular flexibility index (Phi) is 4.97. The molecular weight excluding hydrogens is 362 g/mol. The van der Waals surface area contributed by atoms with Gasteiger partial charge < -0.3 is 10.2 Å². The molecular formula is C24H23N3S. The number of nitrogens with zero attached hydrogens (tertiary/aromatic N) is 2. The van der Waals surface area contributed by atoms with E-state index in [9.17, 15) is 0 Å². The number of anilines is 2. The van der Waals surface area contributed by atoms with E-state index in [0.29, 0.717) is 5.11 Å². The van der Waals surface area contributed by atoms with Gasteiger partial charge in [0.15, 0.2) is 0 Å². The Labute approximate surface area is 171 Å². The number of amidine groups is 1. The van der Waals surface area contributed by atoms with E-state index in [1.54, 1.807) is 0 Å². The lowest BCUT2D eigenvalue weighted by atomic mass is 9.89. The summed E-state index contributed by atoms with van der Waals surface area (Å²) in [5, 5.41) is 4.15. The smallest absolute Gasteiger partial charge is 0.202 e. The normalized spacial score (nSPS) is 18.9. The maximum absolute atomic E-state index is 5.71. The van der Waals surface area contributed by atoms with E-state index in [4.69, 9.17) is 17.2 Å². The van der Waals surface area contributed by atoms with Crippen molar-refractivity contribution >= 4 is 34.5 Å². The standard InChI is InChI=1S/C24H23N3S/c1-18-11-9-10-16-21(18)25-22-24(2,17-19-12-5-3-6-13-19)27(23(28)26-22)20-14-7-4-8-15-20/h3-16H,17H2,1-2H3,(H,25,26,28)/t24-/m0/s1. The Bertz CT molecular complexity index is 1010. The van der Waals surface area contributed by atoms with Gasteiger partial charge in [-0.1, -0.05) is 66.7 Å². The Hall–Kier alpha value is -2.98. The molecule has 0 aliphatic carbocycles. The molecule has 3 aromatic rings. The van der Waals surface area contributed by atoms with E-state index in [1.165, 1.54) is 11.1 Å². The first-order valence-corrected chi connectivity index (χ1v) is 9.84. The summed E-state index contributed by atoms with van der Waals surface area (Å²) in [7, 11) is 0. The van der Waals surface area contributed by atoms with Crippen LogP contribution in [0.1, 0.15) is 18.1 Å². The van der Waals surface area contributed by atoms with Crippen LogP contribution in [0.5, 0.6) is 0 Å². The van der Waals surface area contributed by atoms with Crippen LogP contribution in [-0.4, -0.2) is 16.5 Å². The third-order valence-corrected chi connectivity index (χ3v) is 5.48. The van der Waals surface area contributed by atoms with Crippen LogP contribution < -0.4 is 10.2 Å². The Morgan fingerprint density at radius 3 is 2.18 bits per heavy atom. The van der Waals surface area contributed by atoms with Gasteiger partial charge in [-0.15, -0.1) is 0 Å². The lowest BCUT2D eigenvalue weighted by molar-refractivity contribution is 0.626. The molecule has 0 bridgehead atoms. The Morgan fingerprint density at radius 2 is 1.50 bits per heavy atom. The van der Waals surface area contributed by atoms with Crippen molar-refractivity contribution in [2.24, 2.45) is 4.99 Å². The van der Waals surface area contributed by atoms with Gasteiger partial charge in [0.2, 0.25) is 5.11 Å². The highest BCUT2D eigenvalue weighted by molar-refractivity contribution is 7.80. The van der Waals surface area contributed by atoms with Gasteiger partial charge in [0, 0.05) is 17.8 Å². The zero-order valence-electron chi connectivity index (χ0n) is 16.1. The predicted molar refractivity (Wildman–Crippen MR) is 122 cm³/mol. The van der Waals surface area contributed by atoms with Crippen molar-refractivity contribution in [2.75, 3.05) is 10.2 Å². The molecule has 0 spiro atoms. The van der Waals surface area contributed by atoms with Crippen molar-refractivity contribution in [1.82, 2.24) is 0 Å². The van der Waals surface area contributed by atoms with Crippen LogP contribution in [0.25, 0.3) is 0 Å². The van der Waals surface area contributed by atoms with Crippen molar-refractivity contribution in [2.45, 2.75) is 25.8 Å². The van der Waals surface area contributed by atoms with Gasteiger partial charge in [0.25, 0.3) is 0 Å². The second-order valence-corrected chi connectivity index (χ2v) is 7.66. The van der Waals surface area contributed by atoms with Crippen molar-refractivity contribution in [1.29, 1.82) is 0 Å². The molecule has 28 heavy (non-hydrogen) atoms. The number of para-hydroxylation sites is 2. The minimum Gasteiger partial charge on any atom is -0.341 e. The largest absolute Gasteiger partial charge is 0.341 e. The molecule has 1 N–H and O–H groups in total. The molecule has 1 aliphatic heterocycles. The van der Waals surface area contributed by atoms with E-state index < -0.39 is 5.54 Å². The van der Waals surface area contributed by atoms with Crippen LogP contribution in [-0.2, 0) is 6.42 Å². The monoisotopic (exact) mass is 385 g/mol. The number of hydrogen-bond acceptors (Lipinski definition) is 2. The van der Waals surface area contributed by atoms with Crippen molar-refractivity contribution in [3.63, 3.8) is 0 Å². The Balaban J connectivity index is 1.76. The van der Waals surface area contributed by atoms with Crippen LogP contribution in [0.2, 0.25) is 0 Å². The number of nitrogens with one attached hydrogen (secondary N) is 1. The minimum absolute atomic E-state index is 0.415. The fraction of sp³-hybridized carbons (Fsp3) is 0.167. The number of thiocarbonyl (C=S) groups is 1. The second-order valence-electron chi connectivity index (χ2n) is 7.29. The number of aryl methyl sites for hydroxylation is 1. The summed E-state index contributed by atoms with van der Waals surface area (Å²) in [5.41, 5.74) is 4.11. The van der Waals surface area contributed by atoms with Gasteiger partial charge in [-0.3, -0.25) is 0 Å². The van der Waals surface area contributed by atoms with E-state index in [0.717, 1.165) is 23.6 Å². The highest BCUT2D eigenvalue weighted by atomic mass is 32.1. The first-order valence-electron chi connectivity index (χ1n) is 9.43. The summed E-state index contributed by atoms with van der Waals surface area (Å²) in [6.45, 7) is 4.30. The fourth-order valence-electron chi connectivity index (χ4n) is 3.71. The molecule has 0 unspecified atom stereocenters. The van der Waals surface area contributed by atoms with E-state index in [-0.39, 0.29) is 0 Å². The highest BCUT2D eigenvalue weighted by Gasteiger charge is 2.45. The molecule has 3 aromatic carbocycles. The number of rotatable bonds is 4.